The second-order valence-corrected chi connectivity index (χ2v) is 5.32. The Labute approximate surface area is 125 Å². The molecule has 7 heteroatoms. The molecule has 0 heterocycles. The van der Waals surface area contributed by atoms with Crippen molar-refractivity contribution in [2.75, 3.05) is 6.54 Å². The Kier molecular flexibility index (Phi) is 4.73. The molecule has 1 saturated carbocycles. The Morgan fingerprint density at radius 3 is 2.59 bits per heavy atom. The summed E-state index contributed by atoms with van der Waals surface area (Å²) in [5, 5.41) is 11.1. The van der Waals surface area contributed by atoms with Gasteiger partial charge >= 0.3 is 12.1 Å². The van der Waals surface area contributed by atoms with Crippen LogP contribution in [0.2, 0.25) is 0 Å². The minimum atomic E-state index is -4.43. The number of alkyl halides is 3. The largest absolute Gasteiger partial charge is 0.481 e. The van der Waals surface area contributed by atoms with E-state index < -0.39 is 29.5 Å². The predicted molar refractivity (Wildman–Crippen MR) is 72.2 cm³/mol. The zero-order valence-electron chi connectivity index (χ0n) is 11.7. The summed E-state index contributed by atoms with van der Waals surface area (Å²) >= 11 is 0. The van der Waals surface area contributed by atoms with E-state index >= 15 is 0 Å². The van der Waals surface area contributed by atoms with Gasteiger partial charge in [0.05, 0.1) is 5.56 Å². The van der Waals surface area contributed by atoms with Crippen LogP contribution in [0.25, 0.3) is 0 Å². The van der Waals surface area contributed by atoms with E-state index in [0.717, 1.165) is 6.07 Å². The maximum atomic E-state index is 12.9. The summed E-state index contributed by atoms with van der Waals surface area (Å²) in [4.78, 5) is 22.2. The number of halogens is 3. The first-order valence-corrected chi connectivity index (χ1v) is 6.96. The first kappa shape index (κ1) is 16.3. The van der Waals surface area contributed by atoms with Gasteiger partial charge in [-0.1, -0.05) is 18.2 Å². The Morgan fingerprint density at radius 2 is 1.95 bits per heavy atom. The number of carboxylic acid groups (broad SMARTS) is 1. The number of carboxylic acids is 1. The van der Waals surface area contributed by atoms with E-state index in [4.69, 9.17) is 5.11 Å². The normalized spacial score (nSPS) is 20.5. The molecule has 1 aliphatic carbocycles. The highest BCUT2D eigenvalue weighted by Gasteiger charge is 2.47. The molecular weight excluding hydrogens is 299 g/mol. The second kappa shape index (κ2) is 6.37. The number of carbonyl (C=O) groups is 2. The van der Waals surface area contributed by atoms with Crippen molar-refractivity contribution >= 4 is 11.9 Å². The van der Waals surface area contributed by atoms with Gasteiger partial charge in [0.25, 0.3) is 0 Å². The molecule has 1 aromatic carbocycles. The van der Waals surface area contributed by atoms with Crippen molar-refractivity contribution in [2.24, 2.45) is 5.92 Å². The Balaban J connectivity index is 1.92. The molecule has 1 aliphatic rings. The Bertz CT molecular complexity index is 571. The van der Waals surface area contributed by atoms with Gasteiger partial charge in [-0.05, 0) is 30.4 Å². The monoisotopic (exact) mass is 315 g/mol. The SMILES string of the molecule is O=C(O)CCCNC(=O)C1CC1c1ccccc1C(F)(F)F. The van der Waals surface area contributed by atoms with Crippen LogP contribution in [0.5, 0.6) is 0 Å². The van der Waals surface area contributed by atoms with Crippen LogP contribution >= 0.6 is 0 Å². The van der Waals surface area contributed by atoms with E-state index in [9.17, 15) is 22.8 Å². The van der Waals surface area contributed by atoms with Crippen LogP contribution in [-0.2, 0) is 15.8 Å². The molecule has 0 aromatic heterocycles. The van der Waals surface area contributed by atoms with Crippen LogP contribution in [0, 0.1) is 5.92 Å². The third kappa shape index (κ3) is 3.99. The predicted octanol–water partition coefficient (Wildman–Crippen LogP) is 2.79. The first-order valence-electron chi connectivity index (χ1n) is 6.96. The lowest BCUT2D eigenvalue weighted by atomic mass is 10.0. The number of aliphatic carboxylic acids is 1. The lowest BCUT2D eigenvalue weighted by Crippen LogP contribution is -2.27. The lowest BCUT2D eigenvalue weighted by Gasteiger charge is -2.12. The fraction of sp³-hybridized carbons (Fsp3) is 0.467. The number of hydrogen-bond acceptors (Lipinski definition) is 2. The van der Waals surface area contributed by atoms with Gasteiger partial charge in [-0.25, -0.2) is 0 Å². The van der Waals surface area contributed by atoms with E-state index in [0.29, 0.717) is 12.8 Å². The number of benzene rings is 1. The molecule has 2 N–H and O–H groups in total. The average molecular weight is 315 g/mol. The zero-order valence-corrected chi connectivity index (χ0v) is 11.7. The fourth-order valence-electron chi connectivity index (χ4n) is 2.49. The quantitative estimate of drug-likeness (QED) is 0.793. The summed E-state index contributed by atoms with van der Waals surface area (Å²) < 4.78 is 38.8. The van der Waals surface area contributed by atoms with Gasteiger partial charge in [0.2, 0.25) is 5.91 Å². The lowest BCUT2D eigenvalue weighted by molar-refractivity contribution is -0.138. The highest BCUT2D eigenvalue weighted by Crippen LogP contribution is 2.50. The van der Waals surface area contributed by atoms with Crippen molar-refractivity contribution in [3.05, 3.63) is 35.4 Å². The molecule has 22 heavy (non-hydrogen) atoms. The number of hydrogen-bond donors (Lipinski definition) is 2. The maximum Gasteiger partial charge on any atom is 0.416 e. The summed E-state index contributed by atoms with van der Waals surface area (Å²) in [6.07, 6.45) is -3.79. The third-order valence-electron chi connectivity index (χ3n) is 3.66. The molecule has 1 aromatic rings. The van der Waals surface area contributed by atoms with Gasteiger partial charge in [-0.3, -0.25) is 9.59 Å². The van der Waals surface area contributed by atoms with E-state index in [2.05, 4.69) is 5.32 Å². The molecule has 2 unspecified atom stereocenters. The number of nitrogens with one attached hydrogen (secondary N) is 1. The second-order valence-electron chi connectivity index (χ2n) is 5.32. The Morgan fingerprint density at radius 1 is 1.27 bits per heavy atom. The number of amides is 1. The van der Waals surface area contributed by atoms with E-state index in [1.807, 2.05) is 0 Å². The van der Waals surface area contributed by atoms with E-state index in [-0.39, 0.29) is 24.4 Å². The van der Waals surface area contributed by atoms with E-state index in [1.165, 1.54) is 18.2 Å². The first-order chi connectivity index (χ1) is 10.3. The van der Waals surface area contributed by atoms with Gasteiger partial charge in [0, 0.05) is 18.9 Å². The summed E-state index contributed by atoms with van der Waals surface area (Å²) in [5.74, 6) is -2.14. The van der Waals surface area contributed by atoms with Crippen LogP contribution in [0.4, 0.5) is 13.2 Å². The standard InChI is InChI=1S/C15H16F3NO3/c16-15(17,18)12-5-2-1-4-9(12)10-8-11(10)14(22)19-7-3-6-13(20)21/h1-2,4-5,10-11H,3,6-8H2,(H,19,22)(H,20,21). The van der Waals surface area contributed by atoms with Crippen molar-refractivity contribution in [1.82, 2.24) is 5.32 Å². The molecule has 2 atom stereocenters. The molecule has 0 spiro atoms. The fourth-order valence-corrected chi connectivity index (χ4v) is 2.49. The smallest absolute Gasteiger partial charge is 0.416 e. The van der Waals surface area contributed by atoms with Crippen LogP contribution in [0.1, 0.15) is 36.3 Å². The zero-order chi connectivity index (χ0) is 16.3. The molecule has 0 saturated heterocycles. The summed E-state index contributed by atoms with van der Waals surface area (Å²) in [6.45, 7) is 0.218. The summed E-state index contributed by atoms with van der Waals surface area (Å²) in [6, 6.07) is 5.29. The van der Waals surface area contributed by atoms with E-state index in [1.54, 1.807) is 0 Å². The molecule has 0 bridgehead atoms. The molecule has 2 rings (SSSR count). The molecular formula is C15H16F3NO3. The van der Waals surface area contributed by atoms with Gasteiger partial charge in [0.1, 0.15) is 0 Å². The minimum Gasteiger partial charge on any atom is -0.481 e. The highest BCUT2D eigenvalue weighted by molar-refractivity contribution is 5.83. The molecule has 1 fully saturated rings. The van der Waals surface area contributed by atoms with Crippen LogP contribution in [0.3, 0.4) is 0 Å². The molecule has 4 nitrogen and oxygen atoms in total. The topological polar surface area (TPSA) is 66.4 Å². The van der Waals surface area contributed by atoms with Gasteiger partial charge in [-0.2, -0.15) is 13.2 Å². The molecule has 0 aliphatic heterocycles. The van der Waals surface area contributed by atoms with Crippen molar-refractivity contribution < 1.29 is 27.9 Å². The number of carbonyl (C=O) groups excluding carboxylic acids is 1. The average Bonchev–Trinajstić information content (AvgIpc) is 3.22. The van der Waals surface area contributed by atoms with Crippen LogP contribution in [-0.4, -0.2) is 23.5 Å². The van der Waals surface area contributed by atoms with Crippen molar-refractivity contribution in [3.63, 3.8) is 0 Å². The van der Waals surface area contributed by atoms with Crippen molar-refractivity contribution in [1.29, 1.82) is 0 Å². The summed E-state index contributed by atoms with van der Waals surface area (Å²) in [7, 11) is 0. The highest BCUT2D eigenvalue weighted by atomic mass is 19.4. The van der Waals surface area contributed by atoms with Crippen molar-refractivity contribution in [3.8, 4) is 0 Å². The van der Waals surface area contributed by atoms with Gasteiger partial charge in [-0.15, -0.1) is 0 Å². The maximum absolute atomic E-state index is 12.9. The van der Waals surface area contributed by atoms with Crippen LogP contribution in [0.15, 0.2) is 24.3 Å². The van der Waals surface area contributed by atoms with Crippen molar-refractivity contribution in [2.45, 2.75) is 31.4 Å². The Hall–Kier alpha value is -2.05. The third-order valence-corrected chi connectivity index (χ3v) is 3.66. The molecule has 120 valence electrons. The molecule has 0 radical (unpaired) electrons. The number of rotatable bonds is 6. The van der Waals surface area contributed by atoms with Gasteiger partial charge in [0.15, 0.2) is 0 Å². The summed E-state index contributed by atoms with van der Waals surface area (Å²) in [5.41, 5.74) is -0.540. The van der Waals surface area contributed by atoms with Gasteiger partial charge < -0.3 is 10.4 Å². The molecule has 1 amide bonds. The minimum absolute atomic E-state index is 0.0503. The van der Waals surface area contributed by atoms with Crippen LogP contribution < -0.4 is 5.32 Å².